The lowest BCUT2D eigenvalue weighted by atomic mass is 10.1. The van der Waals surface area contributed by atoms with E-state index in [-0.39, 0.29) is 25.1 Å². The van der Waals surface area contributed by atoms with Crippen LogP contribution < -0.4 is 19.1 Å². The van der Waals surface area contributed by atoms with Crippen LogP contribution >= 0.6 is 0 Å². The number of carbonyl (C=O) groups excluding carboxylic acids is 1. The minimum atomic E-state index is -3.59. The van der Waals surface area contributed by atoms with Crippen molar-refractivity contribution in [1.29, 1.82) is 0 Å². The van der Waals surface area contributed by atoms with Crippen molar-refractivity contribution in [2.24, 2.45) is 0 Å². The van der Waals surface area contributed by atoms with Crippen molar-refractivity contribution in [2.45, 2.75) is 19.5 Å². The molecule has 0 fully saturated rings. The minimum Gasteiger partial charge on any atom is -0.496 e. The third-order valence-electron chi connectivity index (χ3n) is 5.12. The molecule has 1 amide bonds. The first-order valence-corrected chi connectivity index (χ1v) is 12.4. The molecule has 180 valence electrons. The first kappa shape index (κ1) is 25.0. The van der Waals surface area contributed by atoms with Crippen LogP contribution in [0.4, 0.5) is 10.1 Å². The fourth-order valence-corrected chi connectivity index (χ4v) is 4.29. The van der Waals surface area contributed by atoms with Crippen molar-refractivity contribution >= 4 is 21.6 Å². The standard InChI is InChI=1S/C25H27FN2O5S/c1-18(23-6-4-5-7-24(23)32-2)27-25(29)17-33-22-14-12-21(13-15-22)28(34(3,30)31)16-19-8-10-20(26)11-9-19/h4-15,18H,16-17H2,1-3H3,(H,27,29)/t18-/m0/s1. The Labute approximate surface area is 199 Å². The molecule has 0 aliphatic rings. The quantitative estimate of drug-likeness (QED) is 0.467. The fraction of sp³-hybridized carbons (Fsp3) is 0.240. The van der Waals surface area contributed by atoms with Gasteiger partial charge < -0.3 is 14.8 Å². The van der Waals surface area contributed by atoms with Crippen molar-refractivity contribution in [2.75, 3.05) is 24.3 Å². The zero-order valence-electron chi connectivity index (χ0n) is 19.2. The largest absolute Gasteiger partial charge is 0.496 e. The number of benzene rings is 3. The molecule has 34 heavy (non-hydrogen) atoms. The average Bonchev–Trinajstić information content (AvgIpc) is 2.82. The molecule has 0 spiro atoms. The SMILES string of the molecule is COc1ccccc1[C@H](C)NC(=O)COc1ccc(N(Cc2ccc(F)cc2)S(C)(=O)=O)cc1. The molecular formula is C25H27FN2O5S. The summed E-state index contributed by atoms with van der Waals surface area (Å²) in [5, 5.41) is 2.86. The number of nitrogens with one attached hydrogen (secondary N) is 1. The molecule has 0 aliphatic carbocycles. The smallest absolute Gasteiger partial charge is 0.258 e. The van der Waals surface area contributed by atoms with Gasteiger partial charge in [-0.1, -0.05) is 30.3 Å². The zero-order valence-corrected chi connectivity index (χ0v) is 20.0. The summed E-state index contributed by atoms with van der Waals surface area (Å²) in [7, 11) is -2.01. The van der Waals surface area contributed by atoms with Crippen LogP contribution in [0.2, 0.25) is 0 Å². The lowest BCUT2D eigenvalue weighted by Gasteiger charge is -2.23. The van der Waals surface area contributed by atoms with Crippen LogP contribution in [0.3, 0.4) is 0 Å². The second-order valence-electron chi connectivity index (χ2n) is 7.71. The Hall–Kier alpha value is -3.59. The van der Waals surface area contributed by atoms with Crippen molar-refractivity contribution in [3.63, 3.8) is 0 Å². The van der Waals surface area contributed by atoms with Crippen LogP contribution in [0.15, 0.2) is 72.8 Å². The van der Waals surface area contributed by atoms with Gasteiger partial charge in [-0.05, 0) is 55.0 Å². The lowest BCUT2D eigenvalue weighted by molar-refractivity contribution is -0.123. The summed E-state index contributed by atoms with van der Waals surface area (Å²) in [4.78, 5) is 12.3. The van der Waals surface area contributed by atoms with E-state index in [0.29, 0.717) is 22.7 Å². The number of para-hydroxylation sites is 1. The second-order valence-corrected chi connectivity index (χ2v) is 9.62. The van der Waals surface area contributed by atoms with Gasteiger partial charge in [0, 0.05) is 5.56 Å². The van der Waals surface area contributed by atoms with Gasteiger partial charge in [0.05, 0.1) is 31.6 Å². The number of methoxy groups -OCH3 is 1. The van der Waals surface area contributed by atoms with Crippen molar-refractivity contribution in [3.05, 3.63) is 89.7 Å². The number of carbonyl (C=O) groups is 1. The highest BCUT2D eigenvalue weighted by Crippen LogP contribution is 2.25. The number of nitrogens with zero attached hydrogens (tertiary/aromatic N) is 1. The van der Waals surface area contributed by atoms with Crippen molar-refractivity contribution < 1.29 is 27.1 Å². The maximum Gasteiger partial charge on any atom is 0.258 e. The van der Waals surface area contributed by atoms with Crippen molar-refractivity contribution in [3.8, 4) is 11.5 Å². The number of halogens is 1. The van der Waals surface area contributed by atoms with E-state index in [9.17, 15) is 17.6 Å². The number of ether oxygens (including phenoxy) is 2. The molecule has 0 radical (unpaired) electrons. The average molecular weight is 487 g/mol. The van der Waals surface area contributed by atoms with E-state index in [1.54, 1.807) is 31.4 Å². The first-order chi connectivity index (χ1) is 16.2. The monoisotopic (exact) mass is 486 g/mol. The number of amides is 1. The molecule has 3 rings (SSSR count). The number of sulfonamides is 1. The third-order valence-corrected chi connectivity index (χ3v) is 6.26. The molecule has 0 aromatic heterocycles. The number of rotatable bonds is 10. The maximum atomic E-state index is 13.2. The van der Waals surface area contributed by atoms with Gasteiger partial charge in [0.2, 0.25) is 10.0 Å². The summed E-state index contributed by atoms with van der Waals surface area (Å²) in [5.74, 6) is 0.399. The minimum absolute atomic E-state index is 0.0581. The molecule has 1 atom stereocenters. The molecule has 0 heterocycles. The summed E-state index contributed by atoms with van der Waals surface area (Å²) in [6, 6.07) is 19.2. The lowest BCUT2D eigenvalue weighted by Crippen LogP contribution is -2.31. The van der Waals surface area contributed by atoms with Gasteiger partial charge in [-0.3, -0.25) is 9.10 Å². The summed E-state index contributed by atoms with van der Waals surface area (Å²) >= 11 is 0. The van der Waals surface area contributed by atoms with Gasteiger partial charge in [-0.2, -0.15) is 0 Å². The van der Waals surface area contributed by atoms with E-state index >= 15 is 0 Å². The van der Waals surface area contributed by atoms with Crippen LogP contribution in [0.5, 0.6) is 11.5 Å². The molecule has 0 saturated carbocycles. The van der Waals surface area contributed by atoms with Gasteiger partial charge in [0.25, 0.3) is 5.91 Å². The summed E-state index contributed by atoms with van der Waals surface area (Å²) < 4.78 is 49.9. The van der Waals surface area contributed by atoms with E-state index in [2.05, 4.69) is 5.32 Å². The van der Waals surface area contributed by atoms with Crippen LogP contribution in [0, 0.1) is 5.82 Å². The summed E-state index contributed by atoms with van der Waals surface area (Å²) in [5.41, 5.74) is 1.92. The molecule has 0 saturated heterocycles. The molecule has 0 aliphatic heterocycles. The Balaban J connectivity index is 1.61. The van der Waals surface area contributed by atoms with Gasteiger partial charge in [0.1, 0.15) is 17.3 Å². The van der Waals surface area contributed by atoms with Gasteiger partial charge in [-0.25, -0.2) is 12.8 Å². The van der Waals surface area contributed by atoms with E-state index in [0.717, 1.165) is 11.8 Å². The van der Waals surface area contributed by atoms with E-state index < -0.39 is 15.8 Å². The number of hydrogen-bond donors (Lipinski definition) is 1. The summed E-state index contributed by atoms with van der Waals surface area (Å²) in [6.45, 7) is 1.71. The maximum absolute atomic E-state index is 13.2. The highest BCUT2D eigenvalue weighted by atomic mass is 32.2. The van der Waals surface area contributed by atoms with Crippen LogP contribution in [0.1, 0.15) is 24.1 Å². The Bertz CT molecular complexity index is 1210. The molecule has 0 bridgehead atoms. The van der Waals surface area contributed by atoms with E-state index in [1.807, 2.05) is 31.2 Å². The number of hydrogen-bond acceptors (Lipinski definition) is 5. The Morgan fingerprint density at radius 2 is 1.68 bits per heavy atom. The van der Waals surface area contributed by atoms with Crippen LogP contribution in [-0.4, -0.2) is 34.3 Å². The van der Waals surface area contributed by atoms with Crippen molar-refractivity contribution in [1.82, 2.24) is 5.32 Å². The zero-order chi connectivity index (χ0) is 24.7. The normalized spacial score (nSPS) is 12.0. The molecule has 3 aromatic carbocycles. The molecule has 0 unspecified atom stereocenters. The van der Waals surface area contributed by atoms with Crippen LogP contribution in [-0.2, 0) is 21.4 Å². The van der Waals surface area contributed by atoms with E-state index in [4.69, 9.17) is 9.47 Å². The Kier molecular flexibility index (Phi) is 8.12. The second kappa shape index (κ2) is 11.0. The molecule has 1 N–H and O–H groups in total. The molecule has 3 aromatic rings. The van der Waals surface area contributed by atoms with E-state index in [1.165, 1.54) is 28.6 Å². The first-order valence-electron chi connectivity index (χ1n) is 10.5. The highest BCUT2D eigenvalue weighted by Gasteiger charge is 2.18. The fourth-order valence-electron chi connectivity index (χ4n) is 3.40. The predicted octanol–water partition coefficient (Wildman–Crippen LogP) is 4.06. The highest BCUT2D eigenvalue weighted by molar-refractivity contribution is 7.92. The molecule has 7 nitrogen and oxygen atoms in total. The van der Waals surface area contributed by atoms with Gasteiger partial charge >= 0.3 is 0 Å². The predicted molar refractivity (Wildman–Crippen MR) is 129 cm³/mol. The van der Waals surface area contributed by atoms with Crippen LogP contribution in [0.25, 0.3) is 0 Å². The summed E-state index contributed by atoms with van der Waals surface area (Å²) in [6.07, 6.45) is 1.11. The third kappa shape index (κ3) is 6.71. The Morgan fingerprint density at radius 3 is 2.29 bits per heavy atom. The topological polar surface area (TPSA) is 84.9 Å². The molecule has 9 heteroatoms. The Morgan fingerprint density at radius 1 is 1.03 bits per heavy atom. The van der Waals surface area contributed by atoms with Gasteiger partial charge in [0.15, 0.2) is 6.61 Å². The molecular weight excluding hydrogens is 459 g/mol. The van der Waals surface area contributed by atoms with Gasteiger partial charge in [-0.15, -0.1) is 0 Å². The number of anilines is 1.